The number of amides is 1. The van der Waals surface area contributed by atoms with Gasteiger partial charge < -0.3 is 16.8 Å². The van der Waals surface area contributed by atoms with Crippen LogP contribution >= 0.6 is 0 Å². The summed E-state index contributed by atoms with van der Waals surface area (Å²) in [5.74, 6) is -0.715. The van der Waals surface area contributed by atoms with E-state index in [0.717, 1.165) is 0 Å². The molecule has 0 bridgehead atoms. The highest BCUT2D eigenvalue weighted by Crippen LogP contribution is 2.18. The first-order valence-electron chi connectivity index (χ1n) is 5.76. The van der Waals surface area contributed by atoms with E-state index in [2.05, 4.69) is 10.0 Å². The summed E-state index contributed by atoms with van der Waals surface area (Å²) in [6.07, 6.45) is 0. The molecule has 1 amide bonds. The summed E-state index contributed by atoms with van der Waals surface area (Å²) in [6, 6.07) is 4.65. The zero-order valence-electron chi connectivity index (χ0n) is 10.6. The van der Waals surface area contributed by atoms with Crippen LogP contribution in [0.1, 0.15) is 17.3 Å². The van der Waals surface area contributed by atoms with E-state index in [1.807, 2.05) is 0 Å². The second-order valence-electron chi connectivity index (χ2n) is 3.91. The zero-order chi connectivity index (χ0) is 14.5. The minimum Gasteiger partial charge on any atom is -0.399 e. The van der Waals surface area contributed by atoms with E-state index >= 15 is 0 Å². The van der Waals surface area contributed by atoms with Gasteiger partial charge in [-0.3, -0.25) is 4.79 Å². The number of anilines is 2. The number of rotatable bonds is 7. The first-order chi connectivity index (χ1) is 8.85. The molecule has 7 nitrogen and oxygen atoms in total. The van der Waals surface area contributed by atoms with Gasteiger partial charge in [0.25, 0.3) is 5.91 Å². The molecule has 0 spiro atoms. The molecular formula is C11H18N4O3S. The summed E-state index contributed by atoms with van der Waals surface area (Å²) in [5.41, 5.74) is 11.9. The second kappa shape index (κ2) is 6.39. The first-order valence-corrected chi connectivity index (χ1v) is 7.41. The van der Waals surface area contributed by atoms with Crippen molar-refractivity contribution >= 4 is 27.3 Å². The van der Waals surface area contributed by atoms with Gasteiger partial charge in [0, 0.05) is 24.5 Å². The predicted octanol–water partition coefficient (Wildman–Crippen LogP) is -0.281. The molecule has 0 aliphatic rings. The molecule has 19 heavy (non-hydrogen) atoms. The Bertz CT molecular complexity index is 557. The van der Waals surface area contributed by atoms with Gasteiger partial charge in [0.2, 0.25) is 10.0 Å². The number of nitrogens with one attached hydrogen (secondary N) is 2. The molecule has 0 aliphatic heterocycles. The number of benzene rings is 1. The van der Waals surface area contributed by atoms with Crippen LogP contribution in [0.4, 0.5) is 11.4 Å². The van der Waals surface area contributed by atoms with Crippen molar-refractivity contribution in [1.82, 2.24) is 4.72 Å². The lowest BCUT2D eigenvalue weighted by Gasteiger charge is -2.11. The fourth-order valence-electron chi connectivity index (χ4n) is 1.53. The van der Waals surface area contributed by atoms with Crippen LogP contribution in [0.2, 0.25) is 0 Å². The summed E-state index contributed by atoms with van der Waals surface area (Å²) in [4.78, 5) is 11.2. The Morgan fingerprint density at radius 2 is 2.05 bits per heavy atom. The molecule has 0 atom stereocenters. The highest BCUT2D eigenvalue weighted by atomic mass is 32.2. The second-order valence-corrected chi connectivity index (χ2v) is 5.84. The van der Waals surface area contributed by atoms with Gasteiger partial charge in [-0.15, -0.1) is 0 Å². The van der Waals surface area contributed by atoms with Gasteiger partial charge in [-0.05, 0) is 18.2 Å². The molecule has 0 heterocycles. The summed E-state index contributed by atoms with van der Waals surface area (Å²) in [5, 5.41) is 2.86. The molecule has 0 aliphatic carbocycles. The van der Waals surface area contributed by atoms with Crippen molar-refractivity contribution < 1.29 is 13.2 Å². The first kappa shape index (κ1) is 15.3. The van der Waals surface area contributed by atoms with Gasteiger partial charge in [0.05, 0.1) is 11.3 Å². The van der Waals surface area contributed by atoms with Gasteiger partial charge in [0.1, 0.15) is 0 Å². The van der Waals surface area contributed by atoms with Gasteiger partial charge in [0.15, 0.2) is 0 Å². The number of hydrogen-bond donors (Lipinski definition) is 4. The van der Waals surface area contributed by atoms with E-state index in [0.29, 0.717) is 17.9 Å². The Morgan fingerprint density at radius 1 is 1.37 bits per heavy atom. The topological polar surface area (TPSA) is 127 Å². The monoisotopic (exact) mass is 286 g/mol. The third-order valence-corrected chi connectivity index (χ3v) is 3.83. The molecule has 0 radical (unpaired) electrons. The summed E-state index contributed by atoms with van der Waals surface area (Å²) >= 11 is 0. The summed E-state index contributed by atoms with van der Waals surface area (Å²) in [6.45, 7) is 2.21. The Labute approximate surface area is 112 Å². The molecule has 0 unspecified atom stereocenters. The maximum atomic E-state index is 11.4. The molecule has 0 aromatic heterocycles. The van der Waals surface area contributed by atoms with Gasteiger partial charge in [-0.2, -0.15) is 0 Å². The number of hydrogen-bond acceptors (Lipinski definition) is 5. The normalized spacial score (nSPS) is 11.2. The molecule has 8 heteroatoms. The van der Waals surface area contributed by atoms with Crippen molar-refractivity contribution in [3.05, 3.63) is 23.8 Å². The predicted molar refractivity (Wildman–Crippen MR) is 75.3 cm³/mol. The Balaban J connectivity index is 2.71. The molecule has 1 aromatic rings. The van der Waals surface area contributed by atoms with Crippen LogP contribution in [0.3, 0.4) is 0 Å². The Morgan fingerprint density at radius 3 is 2.63 bits per heavy atom. The number of nitrogen functional groups attached to an aromatic ring is 1. The molecule has 106 valence electrons. The van der Waals surface area contributed by atoms with E-state index in [9.17, 15) is 13.2 Å². The number of sulfonamides is 1. The zero-order valence-corrected chi connectivity index (χ0v) is 11.5. The summed E-state index contributed by atoms with van der Waals surface area (Å²) < 4.78 is 25.2. The van der Waals surface area contributed by atoms with E-state index in [4.69, 9.17) is 11.5 Å². The fourth-order valence-corrected chi connectivity index (χ4v) is 2.49. The van der Waals surface area contributed by atoms with Crippen molar-refractivity contribution in [1.29, 1.82) is 0 Å². The maximum Gasteiger partial charge on any atom is 0.250 e. The SMILES string of the molecule is CCNS(=O)(=O)CCNc1ccc(N)cc1C(N)=O. The molecule has 6 N–H and O–H groups in total. The molecule has 1 rings (SSSR count). The molecule has 1 aromatic carbocycles. The third kappa shape index (κ3) is 4.76. The molecule has 0 saturated carbocycles. The van der Waals surface area contributed by atoms with Crippen LogP contribution in [0.15, 0.2) is 18.2 Å². The van der Waals surface area contributed by atoms with Gasteiger partial charge in [-0.25, -0.2) is 13.1 Å². The molecule has 0 saturated heterocycles. The number of nitrogens with two attached hydrogens (primary N) is 2. The Hall–Kier alpha value is -1.80. The number of carbonyl (C=O) groups is 1. The maximum absolute atomic E-state index is 11.4. The third-order valence-electron chi connectivity index (χ3n) is 2.36. The smallest absolute Gasteiger partial charge is 0.250 e. The van der Waals surface area contributed by atoms with Crippen LogP contribution in [-0.4, -0.2) is 33.2 Å². The number of carbonyl (C=O) groups excluding carboxylic acids is 1. The standard InChI is InChI=1S/C11H18N4O3S/c1-2-15-19(17,18)6-5-14-10-4-3-8(12)7-9(10)11(13)16/h3-4,7,14-15H,2,5-6,12H2,1H3,(H2,13,16). The Kier molecular flexibility index (Phi) is 5.13. The van der Waals surface area contributed by atoms with Crippen molar-refractivity contribution in [3.63, 3.8) is 0 Å². The lowest BCUT2D eigenvalue weighted by molar-refractivity contribution is 0.100. The van der Waals surface area contributed by atoms with Crippen molar-refractivity contribution in [2.75, 3.05) is 29.9 Å². The van der Waals surface area contributed by atoms with Crippen molar-refractivity contribution in [2.45, 2.75) is 6.92 Å². The van der Waals surface area contributed by atoms with E-state index in [1.54, 1.807) is 19.1 Å². The van der Waals surface area contributed by atoms with Crippen molar-refractivity contribution in [3.8, 4) is 0 Å². The quantitative estimate of drug-likeness (QED) is 0.513. The van der Waals surface area contributed by atoms with Crippen molar-refractivity contribution in [2.24, 2.45) is 5.73 Å². The molecule has 0 fully saturated rings. The van der Waals surface area contributed by atoms with Gasteiger partial charge >= 0.3 is 0 Å². The fraction of sp³-hybridized carbons (Fsp3) is 0.364. The lowest BCUT2D eigenvalue weighted by Crippen LogP contribution is -2.29. The minimum atomic E-state index is -3.30. The van der Waals surface area contributed by atoms with E-state index < -0.39 is 15.9 Å². The largest absolute Gasteiger partial charge is 0.399 e. The van der Waals surface area contributed by atoms with Crippen LogP contribution in [0.25, 0.3) is 0 Å². The van der Waals surface area contributed by atoms with Crippen LogP contribution < -0.4 is 21.5 Å². The van der Waals surface area contributed by atoms with E-state index in [1.165, 1.54) is 6.07 Å². The molecular weight excluding hydrogens is 268 g/mol. The van der Waals surface area contributed by atoms with Crippen LogP contribution in [0.5, 0.6) is 0 Å². The highest BCUT2D eigenvalue weighted by molar-refractivity contribution is 7.89. The average molecular weight is 286 g/mol. The van der Waals surface area contributed by atoms with Crippen LogP contribution in [0, 0.1) is 0 Å². The minimum absolute atomic E-state index is 0.0938. The lowest BCUT2D eigenvalue weighted by atomic mass is 10.1. The van der Waals surface area contributed by atoms with E-state index in [-0.39, 0.29) is 17.9 Å². The number of primary amides is 1. The van der Waals surface area contributed by atoms with Crippen LogP contribution in [-0.2, 0) is 10.0 Å². The van der Waals surface area contributed by atoms with Gasteiger partial charge in [-0.1, -0.05) is 6.92 Å². The summed E-state index contributed by atoms with van der Waals surface area (Å²) in [7, 11) is -3.30. The average Bonchev–Trinajstić information content (AvgIpc) is 2.30. The highest BCUT2D eigenvalue weighted by Gasteiger charge is 2.11.